The molecule has 0 fully saturated rings. The van der Waals surface area contributed by atoms with Crippen LogP contribution in [0.4, 0.5) is 0 Å². The van der Waals surface area contributed by atoms with Crippen molar-refractivity contribution in [1.82, 2.24) is 0 Å². The number of benzene rings is 1. The molecule has 0 aliphatic rings. The van der Waals surface area contributed by atoms with E-state index in [2.05, 4.69) is 0 Å². The van der Waals surface area contributed by atoms with Crippen LogP contribution in [-0.2, 0) is 5.11 Å². The van der Waals surface area contributed by atoms with E-state index < -0.39 is 0 Å². The Kier molecular flexibility index (Phi) is 5.05. The molecule has 0 amide bonds. The number of Topliss-reactive ketones (excluding diaryl/α,β-unsaturated/α-hetero) is 1. The van der Waals surface area contributed by atoms with Gasteiger partial charge in [0.15, 0.2) is 5.78 Å². The summed E-state index contributed by atoms with van der Waals surface area (Å²) >= 11 is 0. The van der Waals surface area contributed by atoms with Crippen LogP contribution in [0.1, 0.15) is 36.5 Å². The van der Waals surface area contributed by atoms with Gasteiger partial charge in [-0.2, -0.15) is 0 Å². The highest BCUT2D eigenvalue weighted by Crippen LogP contribution is 2.14. The van der Waals surface area contributed by atoms with Crippen LogP contribution in [0, 0.1) is 5.92 Å². The standard InChI is InChI=1S/C13H17O2/c1-11(7-5-6-10-14)13(15)12-8-3-2-4-9-12/h2-4,8-9,11H,5-7,10H2,1H3. The number of rotatable bonds is 6. The van der Waals surface area contributed by atoms with Crippen molar-refractivity contribution in [3.05, 3.63) is 35.9 Å². The number of ketones is 1. The van der Waals surface area contributed by atoms with Gasteiger partial charge >= 0.3 is 0 Å². The van der Waals surface area contributed by atoms with Crippen LogP contribution in [0.5, 0.6) is 0 Å². The third kappa shape index (κ3) is 3.84. The Morgan fingerprint density at radius 1 is 1.20 bits per heavy atom. The van der Waals surface area contributed by atoms with Gasteiger partial charge in [-0.15, -0.1) is 0 Å². The van der Waals surface area contributed by atoms with E-state index in [1.54, 1.807) is 0 Å². The summed E-state index contributed by atoms with van der Waals surface area (Å²) < 4.78 is 0. The van der Waals surface area contributed by atoms with Gasteiger partial charge in [0.05, 0.1) is 6.61 Å². The second kappa shape index (κ2) is 6.36. The summed E-state index contributed by atoms with van der Waals surface area (Å²) in [5.41, 5.74) is 0.770. The fraction of sp³-hybridized carbons (Fsp3) is 0.462. The number of hydrogen-bond acceptors (Lipinski definition) is 1. The zero-order valence-corrected chi connectivity index (χ0v) is 9.11. The molecule has 0 aromatic heterocycles. The minimum atomic E-state index is -0.0355. The zero-order valence-electron chi connectivity index (χ0n) is 9.11. The van der Waals surface area contributed by atoms with Gasteiger partial charge < -0.3 is 0 Å². The quantitative estimate of drug-likeness (QED) is 0.519. The lowest BCUT2D eigenvalue weighted by atomic mass is 9.94. The maximum Gasteiger partial charge on any atom is 0.165 e. The predicted molar refractivity (Wildman–Crippen MR) is 59.3 cm³/mol. The first-order chi connectivity index (χ1) is 7.25. The number of hydrogen-bond donors (Lipinski definition) is 0. The zero-order chi connectivity index (χ0) is 11.1. The molecule has 0 heterocycles. The number of carbonyl (C=O) groups is 1. The molecule has 1 atom stereocenters. The van der Waals surface area contributed by atoms with Gasteiger partial charge in [0.1, 0.15) is 0 Å². The van der Waals surface area contributed by atoms with E-state index in [0.29, 0.717) is 6.42 Å². The van der Waals surface area contributed by atoms with Crippen molar-refractivity contribution in [3.63, 3.8) is 0 Å². The van der Waals surface area contributed by atoms with Crippen LogP contribution in [0.3, 0.4) is 0 Å². The summed E-state index contributed by atoms with van der Waals surface area (Å²) in [5.74, 6) is 0.209. The summed E-state index contributed by atoms with van der Waals surface area (Å²) in [5, 5.41) is 10.3. The van der Waals surface area contributed by atoms with Gasteiger partial charge in [0, 0.05) is 11.5 Å². The molecule has 0 spiro atoms. The van der Waals surface area contributed by atoms with Gasteiger partial charge in [-0.1, -0.05) is 43.7 Å². The van der Waals surface area contributed by atoms with E-state index >= 15 is 0 Å². The van der Waals surface area contributed by atoms with Crippen LogP contribution >= 0.6 is 0 Å². The SMILES string of the molecule is CC(CCCC[O])C(=O)c1ccccc1. The van der Waals surface area contributed by atoms with Crippen LogP contribution in [-0.4, -0.2) is 12.4 Å². The Balaban J connectivity index is 2.46. The first kappa shape index (κ1) is 11.9. The van der Waals surface area contributed by atoms with Crippen LogP contribution in [0.2, 0.25) is 0 Å². The summed E-state index contributed by atoms with van der Waals surface area (Å²) in [6.45, 7) is 1.90. The molecule has 0 saturated heterocycles. The second-order valence-electron chi connectivity index (χ2n) is 3.83. The maximum absolute atomic E-state index is 11.9. The molecule has 0 aliphatic carbocycles. The van der Waals surface area contributed by atoms with Crippen molar-refractivity contribution >= 4 is 5.78 Å². The lowest BCUT2D eigenvalue weighted by molar-refractivity contribution is 0.0919. The highest BCUT2D eigenvalue weighted by atomic mass is 16.2. The van der Waals surface area contributed by atoms with Crippen LogP contribution in [0.25, 0.3) is 0 Å². The minimum Gasteiger partial charge on any atom is -0.294 e. The average Bonchev–Trinajstić information content (AvgIpc) is 2.29. The van der Waals surface area contributed by atoms with Gasteiger partial charge in [-0.05, 0) is 12.8 Å². The van der Waals surface area contributed by atoms with E-state index in [-0.39, 0.29) is 18.3 Å². The molecule has 0 N–H and O–H groups in total. The highest BCUT2D eigenvalue weighted by Gasteiger charge is 2.13. The van der Waals surface area contributed by atoms with Crippen molar-refractivity contribution in [2.45, 2.75) is 26.2 Å². The monoisotopic (exact) mass is 205 g/mol. The van der Waals surface area contributed by atoms with Gasteiger partial charge in [-0.3, -0.25) is 4.79 Å². The summed E-state index contributed by atoms with van der Waals surface area (Å²) in [6, 6.07) is 9.33. The van der Waals surface area contributed by atoms with Crippen molar-refractivity contribution in [1.29, 1.82) is 0 Å². The number of carbonyl (C=O) groups excluding carboxylic acids is 1. The fourth-order valence-corrected chi connectivity index (χ4v) is 1.57. The molecule has 2 nitrogen and oxygen atoms in total. The third-order valence-corrected chi connectivity index (χ3v) is 2.54. The summed E-state index contributed by atoms with van der Waals surface area (Å²) in [4.78, 5) is 11.9. The first-order valence-corrected chi connectivity index (χ1v) is 5.43. The molecule has 1 radical (unpaired) electrons. The minimum absolute atomic E-state index is 0.0268. The molecule has 81 valence electrons. The molecular weight excluding hydrogens is 188 g/mol. The largest absolute Gasteiger partial charge is 0.294 e. The molecule has 0 aliphatic heterocycles. The van der Waals surface area contributed by atoms with E-state index in [4.69, 9.17) is 0 Å². The van der Waals surface area contributed by atoms with E-state index in [9.17, 15) is 9.90 Å². The predicted octanol–water partition coefficient (Wildman–Crippen LogP) is 3.11. The van der Waals surface area contributed by atoms with Crippen LogP contribution in [0.15, 0.2) is 30.3 Å². The smallest absolute Gasteiger partial charge is 0.165 e. The molecule has 1 aromatic carbocycles. The third-order valence-electron chi connectivity index (χ3n) is 2.54. The van der Waals surface area contributed by atoms with Crippen molar-refractivity contribution < 1.29 is 9.90 Å². The lowest BCUT2D eigenvalue weighted by Crippen LogP contribution is -2.11. The Morgan fingerprint density at radius 3 is 2.47 bits per heavy atom. The lowest BCUT2D eigenvalue weighted by Gasteiger charge is -2.09. The Hall–Kier alpha value is -1.15. The maximum atomic E-state index is 11.9. The van der Waals surface area contributed by atoms with Crippen LogP contribution < -0.4 is 0 Å². The molecule has 1 rings (SSSR count). The molecule has 0 saturated carbocycles. The normalized spacial score (nSPS) is 12.4. The van der Waals surface area contributed by atoms with E-state index in [1.807, 2.05) is 37.3 Å². The fourth-order valence-electron chi connectivity index (χ4n) is 1.57. The summed E-state index contributed by atoms with van der Waals surface area (Å²) in [6.07, 6.45) is 2.34. The van der Waals surface area contributed by atoms with E-state index in [0.717, 1.165) is 18.4 Å². The Morgan fingerprint density at radius 2 is 1.87 bits per heavy atom. The average molecular weight is 205 g/mol. The first-order valence-electron chi connectivity index (χ1n) is 5.43. The Labute approximate surface area is 90.9 Å². The summed E-state index contributed by atoms with van der Waals surface area (Å²) in [7, 11) is 0. The van der Waals surface area contributed by atoms with E-state index in [1.165, 1.54) is 0 Å². The molecule has 0 bridgehead atoms. The molecule has 1 aromatic rings. The highest BCUT2D eigenvalue weighted by molar-refractivity contribution is 5.97. The van der Waals surface area contributed by atoms with Gasteiger partial charge in [-0.25, -0.2) is 5.11 Å². The topological polar surface area (TPSA) is 37.0 Å². The van der Waals surface area contributed by atoms with Gasteiger partial charge in [0.2, 0.25) is 0 Å². The molecule has 1 unspecified atom stereocenters. The van der Waals surface area contributed by atoms with Gasteiger partial charge in [0.25, 0.3) is 0 Å². The molecule has 2 heteroatoms. The van der Waals surface area contributed by atoms with Crippen molar-refractivity contribution in [2.24, 2.45) is 5.92 Å². The molecular formula is C13H17O2. The number of unbranched alkanes of at least 4 members (excludes halogenated alkanes) is 1. The second-order valence-corrected chi connectivity index (χ2v) is 3.83. The van der Waals surface area contributed by atoms with Crippen molar-refractivity contribution in [3.8, 4) is 0 Å². The molecule has 15 heavy (non-hydrogen) atoms. The Bertz CT molecular complexity index is 293. The van der Waals surface area contributed by atoms with Crippen molar-refractivity contribution in [2.75, 3.05) is 6.61 Å².